The fourth-order valence-corrected chi connectivity index (χ4v) is 3.57. The Morgan fingerprint density at radius 2 is 1.91 bits per heavy atom. The molecule has 1 aromatic heterocycles. The molecule has 23 heavy (non-hydrogen) atoms. The molecule has 3 rings (SSSR count). The Morgan fingerprint density at radius 1 is 1.09 bits per heavy atom. The van der Waals surface area contributed by atoms with E-state index in [0.29, 0.717) is 6.54 Å². The lowest BCUT2D eigenvalue weighted by molar-refractivity contribution is -0.115. The van der Waals surface area contributed by atoms with E-state index in [1.165, 1.54) is 24.1 Å². The molecule has 0 unspecified atom stereocenters. The first-order valence-corrected chi connectivity index (χ1v) is 9.08. The number of amides is 1. The number of rotatable bonds is 6. The maximum Gasteiger partial charge on any atom is 0.238 e. The second kappa shape index (κ2) is 8.13. The van der Waals surface area contributed by atoms with Crippen LogP contribution in [-0.4, -0.2) is 25.5 Å². The first-order chi connectivity index (χ1) is 11.3. The molecule has 0 aliphatic carbocycles. The van der Waals surface area contributed by atoms with Gasteiger partial charge in [-0.05, 0) is 42.8 Å². The van der Waals surface area contributed by atoms with Gasteiger partial charge in [0.05, 0.1) is 17.9 Å². The van der Waals surface area contributed by atoms with Crippen LogP contribution in [0.25, 0.3) is 0 Å². The van der Waals surface area contributed by atoms with Gasteiger partial charge in [0.15, 0.2) is 0 Å². The Hall–Kier alpha value is -1.85. The maximum absolute atomic E-state index is 12.2. The number of carbonyl (C=O) groups is 1. The molecular formula is C18H23N3OS. The van der Waals surface area contributed by atoms with E-state index in [2.05, 4.69) is 27.7 Å². The summed E-state index contributed by atoms with van der Waals surface area (Å²) in [6.07, 6.45) is 3.76. The molecular weight excluding hydrogens is 306 g/mol. The number of anilines is 2. The zero-order chi connectivity index (χ0) is 15.9. The van der Waals surface area contributed by atoms with Crippen molar-refractivity contribution in [2.45, 2.75) is 25.8 Å². The molecule has 2 aromatic rings. The van der Waals surface area contributed by atoms with E-state index in [9.17, 15) is 4.79 Å². The number of hydrogen-bond donors (Lipinski definition) is 2. The highest BCUT2D eigenvalue weighted by molar-refractivity contribution is 7.09. The number of thiophene rings is 1. The molecule has 1 amide bonds. The minimum Gasteiger partial charge on any atom is -0.370 e. The van der Waals surface area contributed by atoms with Gasteiger partial charge in [0.1, 0.15) is 0 Å². The monoisotopic (exact) mass is 329 g/mol. The van der Waals surface area contributed by atoms with Crippen LogP contribution in [0.2, 0.25) is 0 Å². The lowest BCUT2D eigenvalue weighted by Crippen LogP contribution is -2.32. The molecule has 5 heteroatoms. The molecule has 0 radical (unpaired) electrons. The van der Waals surface area contributed by atoms with E-state index in [-0.39, 0.29) is 5.91 Å². The average Bonchev–Trinajstić information content (AvgIpc) is 3.09. The van der Waals surface area contributed by atoms with Crippen molar-refractivity contribution in [3.05, 3.63) is 46.7 Å². The Bertz CT molecular complexity index is 621. The van der Waals surface area contributed by atoms with E-state index in [4.69, 9.17) is 0 Å². The Labute approximate surface area is 141 Å². The van der Waals surface area contributed by atoms with Crippen LogP contribution in [-0.2, 0) is 11.3 Å². The number of para-hydroxylation sites is 2. The van der Waals surface area contributed by atoms with E-state index in [1.54, 1.807) is 11.3 Å². The van der Waals surface area contributed by atoms with Crippen LogP contribution in [0.3, 0.4) is 0 Å². The zero-order valence-corrected chi connectivity index (χ0v) is 14.1. The SMILES string of the molecule is O=C(CNCc1cccs1)Nc1ccccc1N1CCCCC1. The van der Waals surface area contributed by atoms with Gasteiger partial charge in [0.2, 0.25) is 5.91 Å². The summed E-state index contributed by atoms with van der Waals surface area (Å²) in [5.41, 5.74) is 2.05. The molecule has 1 aliphatic heterocycles. The fourth-order valence-electron chi connectivity index (χ4n) is 2.90. The van der Waals surface area contributed by atoms with Gasteiger partial charge < -0.3 is 15.5 Å². The second-order valence-corrected chi connectivity index (χ2v) is 6.83. The Morgan fingerprint density at radius 3 is 2.70 bits per heavy atom. The topological polar surface area (TPSA) is 44.4 Å². The number of piperidine rings is 1. The van der Waals surface area contributed by atoms with Crippen molar-refractivity contribution in [2.24, 2.45) is 0 Å². The van der Waals surface area contributed by atoms with Gasteiger partial charge in [-0.1, -0.05) is 18.2 Å². The molecule has 122 valence electrons. The molecule has 1 aliphatic rings. The third-order valence-corrected chi connectivity index (χ3v) is 4.92. The molecule has 1 aromatic carbocycles. The maximum atomic E-state index is 12.2. The fraction of sp³-hybridized carbons (Fsp3) is 0.389. The number of nitrogens with one attached hydrogen (secondary N) is 2. The summed E-state index contributed by atoms with van der Waals surface area (Å²) in [7, 11) is 0. The zero-order valence-electron chi connectivity index (χ0n) is 13.3. The number of benzene rings is 1. The van der Waals surface area contributed by atoms with Crippen molar-refractivity contribution >= 4 is 28.6 Å². The van der Waals surface area contributed by atoms with Crippen molar-refractivity contribution in [3.63, 3.8) is 0 Å². The smallest absolute Gasteiger partial charge is 0.238 e. The Kier molecular flexibility index (Phi) is 5.66. The van der Waals surface area contributed by atoms with Crippen molar-refractivity contribution in [3.8, 4) is 0 Å². The van der Waals surface area contributed by atoms with Crippen molar-refractivity contribution in [1.29, 1.82) is 0 Å². The van der Waals surface area contributed by atoms with Crippen LogP contribution in [0.15, 0.2) is 41.8 Å². The molecule has 1 fully saturated rings. The van der Waals surface area contributed by atoms with Gasteiger partial charge in [-0.15, -0.1) is 11.3 Å². The highest BCUT2D eigenvalue weighted by Gasteiger charge is 2.15. The van der Waals surface area contributed by atoms with Crippen molar-refractivity contribution < 1.29 is 4.79 Å². The van der Waals surface area contributed by atoms with Gasteiger partial charge in [0, 0.05) is 24.5 Å². The van der Waals surface area contributed by atoms with Crippen molar-refractivity contribution in [2.75, 3.05) is 29.9 Å². The molecule has 2 N–H and O–H groups in total. The van der Waals surface area contributed by atoms with E-state index < -0.39 is 0 Å². The summed E-state index contributed by atoms with van der Waals surface area (Å²) in [5.74, 6) is 0.00557. The molecule has 0 spiro atoms. The molecule has 1 saturated heterocycles. The minimum atomic E-state index is 0.00557. The number of hydrogen-bond acceptors (Lipinski definition) is 4. The third kappa shape index (κ3) is 4.56. The number of carbonyl (C=O) groups excluding carboxylic acids is 1. The van der Waals surface area contributed by atoms with Gasteiger partial charge in [-0.2, -0.15) is 0 Å². The van der Waals surface area contributed by atoms with Gasteiger partial charge in [-0.25, -0.2) is 0 Å². The first-order valence-electron chi connectivity index (χ1n) is 8.20. The summed E-state index contributed by atoms with van der Waals surface area (Å²) in [6, 6.07) is 12.2. The molecule has 0 bridgehead atoms. The summed E-state index contributed by atoms with van der Waals surface area (Å²) in [5, 5.41) is 8.29. The van der Waals surface area contributed by atoms with E-state index in [1.807, 2.05) is 29.6 Å². The lowest BCUT2D eigenvalue weighted by Gasteiger charge is -2.30. The van der Waals surface area contributed by atoms with Gasteiger partial charge in [-0.3, -0.25) is 4.79 Å². The van der Waals surface area contributed by atoms with Crippen LogP contribution in [0, 0.1) is 0 Å². The predicted octanol–water partition coefficient (Wildman–Crippen LogP) is 3.47. The quantitative estimate of drug-likeness (QED) is 0.853. The molecule has 0 saturated carbocycles. The first kappa shape index (κ1) is 16.0. The summed E-state index contributed by atoms with van der Waals surface area (Å²) in [6.45, 7) is 3.21. The molecule has 2 heterocycles. The average molecular weight is 329 g/mol. The summed E-state index contributed by atoms with van der Waals surface area (Å²) < 4.78 is 0. The van der Waals surface area contributed by atoms with Crippen LogP contribution >= 0.6 is 11.3 Å². The predicted molar refractivity (Wildman–Crippen MR) is 97.2 cm³/mol. The number of nitrogens with zero attached hydrogens (tertiary/aromatic N) is 1. The summed E-state index contributed by atoms with van der Waals surface area (Å²) >= 11 is 1.70. The largest absolute Gasteiger partial charge is 0.370 e. The highest BCUT2D eigenvalue weighted by Crippen LogP contribution is 2.28. The second-order valence-electron chi connectivity index (χ2n) is 5.80. The third-order valence-electron chi connectivity index (χ3n) is 4.04. The lowest BCUT2D eigenvalue weighted by atomic mass is 10.1. The van der Waals surface area contributed by atoms with Gasteiger partial charge >= 0.3 is 0 Å². The van der Waals surface area contributed by atoms with Crippen LogP contribution < -0.4 is 15.5 Å². The van der Waals surface area contributed by atoms with E-state index in [0.717, 1.165) is 31.0 Å². The van der Waals surface area contributed by atoms with E-state index >= 15 is 0 Å². The minimum absolute atomic E-state index is 0.00557. The standard InChI is InChI=1S/C18H23N3OS/c22-18(14-19-13-15-7-6-12-23-15)20-16-8-2-3-9-17(16)21-10-4-1-5-11-21/h2-3,6-9,12,19H,1,4-5,10-11,13-14H2,(H,20,22). The molecule has 0 atom stereocenters. The highest BCUT2D eigenvalue weighted by atomic mass is 32.1. The van der Waals surface area contributed by atoms with Crippen LogP contribution in [0.5, 0.6) is 0 Å². The van der Waals surface area contributed by atoms with Crippen LogP contribution in [0.4, 0.5) is 11.4 Å². The summed E-state index contributed by atoms with van der Waals surface area (Å²) in [4.78, 5) is 15.8. The Balaban J connectivity index is 1.55. The molecule has 4 nitrogen and oxygen atoms in total. The van der Waals surface area contributed by atoms with Gasteiger partial charge in [0.25, 0.3) is 0 Å². The van der Waals surface area contributed by atoms with Crippen LogP contribution in [0.1, 0.15) is 24.1 Å². The normalized spacial score (nSPS) is 14.7. The van der Waals surface area contributed by atoms with Crippen molar-refractivity contribution in [1.82, 2.24) is 5.32 Å².